The molecule has 1 aromatic carbocycles. The van der Waals surface area contributed by atoms with E-state index >= 15 is 0 Å². The molecule has 0 spiro atoms. The summed E-state index contributed by atoms with van der Waals surface area (Å²) in [7, 11) is 2.14. The molecule has 1 aliphatic carbocycles. The third kappa shape index (κ3) is 3.38. The van der Waals surface area contributed by atoms with Crippen molar-refractivity contribution in [3.63, 3.8) is 0 Å². The van der Waals surface area contributed by atoms with Gasteiger partial charge in [-0.15, -0.1) is 11.3 Å². The molecule has 0 bridgehead atoms. The molecule has 0 saturated heterocycles. The molecule has 0 radical (unpaired) electrons. The minimum atomic E-state index is 0.745. The zero-order valence-corrected chi connectivity index (χ0v) is 12.9. The summed E-state index contributed by atoms with van der Waals surface area (Å²) in [5.41, 5.74) is 3.82. The highest BCUT2D eigenvalue weighted by molar-refractivity contribution is 7.09. The van der Waals surface area contributed by atoms with Gasteiger partial charge in [-0.2, -0.15) is 0 Å². The van der Waals surface area contributed by atoms with Crippen molar-refractivity contribution < 1.29 is 0 Å². The number of aromatic nitrogens is 1. The van der Waals surface area contributed by atoms with Crippen LogP contribution in [0.2, 0.25) is 0 Å². The van der Waals surface area contributed by atoms with E-state index in [-0.39, 0.29) is 0 Å². The van der Waals surface area contributed by atoms with Crippen molar-refractivity contribution in [3.8, 4) is 0 Å². The van der Waals surface area contributed by atoms with Gasteiger partial charge in [-0.3, -0.25) is 0 Å². The highest BCUT2D eigenvalue weighted by atomic mass is 32.1. The van der Waals surface area contributed by atoms with Gasteiger partial charge in [-0.05, 0) is 31.4 Å². The molecule has 1 N–H and O–H groups in total. The second kappa shape index (κ2) is 5.94. The first-order chi connectivity index (χ1) is 9.72. The number of benzene rings is 1. The maximum Gasteiger partial charge on any atom is 0.0898 e. The minimum Gasteiger partial charge on any atom is -0.368 e. The Bertz CT molecular complexity index is 575. The van der Waals surface area contributed by atoms with E-state index in [0.29, 0.717) is 0 Å². The van der Waals surface area contributed by atoms with Gasteiger partial charge in [0.2, 0.25) is 0 Å². The van der Waals surface area contributed by atoms with E-state index < -0.39 is 0 Å². The van der Waals surface area contributed by atoms with Crippen LogP contribution in [-0.4, -0.2) is 18.1 Å². The van der Waals surface area contributed by atoms with Gasteiger partial charge in [0.25, 0.3) is 0 Å². The molecule has 3 nitrogen and oxygen atoms in total. The first-order valence-corrected chi connectivity index (χ1v) is 8.04. The SMILES string of the molecule is Cc1nc(CN(C)c2ccccc2CNC2CC2)cs1. The summed E-state index contributed by atoms with van der Waals surface area (Å²) >= 11 is 1.72. The summed E-state index contributed by atoms with van der Waals surface area (Å²) in [5, 5.41) is 6.88. The number of hydrogen-bond donors (Lipinski definition) is 1. The molecule has 0 unspecified atom stereocenters. The molecular weight excluding hydrogens is 266 g/mol. The summed E-state index contributed by atoms with van der Waals surface area (Å²) in [6, 6.07) is 9.39. The lowest BCUT2D eigenvalue weighted by Gasteiger charge is -2.22. The van der Waals surface area contributed by atoms with Crippen LogP contribution in [-0.2, 0) is 13.1 Å². The number of rotatable bonds is 6. The van der Waals surface area contributed by atoms with Gasteiger partial charge in [0.15, 0.2) is 0 Å². The minimum absolute atomic E-state index is 0.745. The fourth-order valence-electron chi connectivity index (χ4n) is 2.38. The van der Waals surface area contributed by atoms with E-state index in [2.05, 4.69) is 58.8 Å². The molecule has 1 fully saturated rings. The van der Waals surface area contributed by atoms with Crippen molar-refractivity contribution in [2.75, 3.05) is 11.9 Å². The molecule has 20 heavy (non-hydrogen) atoms. The van der Waals surface area contributed by atoms with Crippen LogP contribution in [0.25, 0.3) is 0 Å². The summed E-state index contributed by atoms with van der Waals surface area (Å²) in [6.07, 6.45) is 2.66. The van der Waals surface area contributed by atoms with E-state index in [4.69, 9.17) is 0 Å². The monoisotopic (exact) mass is 287 g/mol. The molecule has 106 valence electrons. The maximum absolute atomic E-state index is 4.55. The van der Waals surface area contributed by atoms with Gasteiger partial charge >= 0.3 is 0 Å². The molecule has 1 saturated carbocycles. The van der Waals surface area contributed by atoms with Gasteiger partial charge in [-0.25, -0.2) is 4.98 Å². The average molecular weight is 287 g/mol. The topological polar surface area (TPSA) is 28.2 Å². The van der Waals surface area contributed by atoms with Crippen LogP contribution in [0.15, 0.2) is 29.6 Å². The average Bonchev–Trinajstić information content (AvgIpc) is 3.19. The smallest absolute Gasteiger partial charge is 0.0898 e. The van der Waals surface area contributed by atoms with E-state index in [9.17, 15) is 0 Å². The van der Waals surface area contributed by atoms with Gasteiger partial charge in [0.05, 0.1) is 17.2 Å². The predicted molar refractivity (Wildman–Crippen MR) is 85.3 cm³/mol. The van der Waals surface area contributed by atoms with Crippen LogP contribution < -0.4 is 10.2 Å². The van der Waals surface area contributed by atoms with Crippen molar-refractivity contribution in [2.45, 2.75) is 38.9 Å². The highest BCUT2D eigenvalue weighted by Crippen LogP contribution is 2.24. The Morgan fingerprint density at radius 2 is 2.15 bits per heavy atom. The van der Waals surface area contributed by atoms with Gasteiger partial charge in [0.1, 0.15) is 0 Å². The molecule has 1 aromatic heterocycles. The fourth-order valence-corrected chi connectivity index (χ4v) is 2.99. The van der Waals surface area contributed by atoms with Crippen LogP contribution in [0, 0.1) is 6.92 Å². The molecule has 0 atom stereocenters. The lowest BCUT2D eigenvalue weighted by Crippen LogP contribution is -2.21. The number of anilines is 1. The van der Waals surface area contributed by atoms with Gasteiger partial charge < -0.3 is 10.2 Å². The Balaban J connectivity index is 1.70. The number of aryl methyl sites for hydroxylation is 1. The van der Waals surface area contributed by atoms with Crippen LogP contribution in [0.1, 0.15) is 29.1 Å². The van der Waals surface area contributed by atoms with Crippen LogP contribution in [0.3, 0.4) is 0 Å². The number of para-hydroxylation sites is 1. The first-order valence-electron chi connectivity index (χ1n) is 7.16. The zero-order chi connectivity index (χ0) is 13.9. The second-order valence-electron chi connectivity index (χ2n) is 5.50. The predicted octanol–water partition coefficient (Wildman–Crippen LogP) is 3.34. The highest BCUT2D eigenvalue weighted by Gasteiger charge is 2.20. The molecule has 0 amide bonds. The molecular formula is C16H21N3S. The Morgan fingerprint density at radius 1 is 1.35 bits per heavy atom. The quantitative estimate of drug-likeness (QED) is 0.883. The normalized spacial score (nSPS) is 14.5. The standard InChI is InChI=1S/C16H21N3S/c1-12-18-15(11-20-12)10-19(2)16-6-4-3-5-13(16)9-17-14-7-8-14/h3-6,11,14,17H,7-10H2,1-2H3. The maximum atomic E-state index is 4.55. The van der Waals surface area contributed by atoms with Crippen molar-refractivity contribution in [1.29, 1.82) is 0 Å². The van der Waals surface area contributed by atoms with E-state index in [1.54, 1.807) is 11.3 Å². The lowest BCUT2D eigenvalue weighted by atomic mass is 10.1. The van der Waals surface area contributed by atoms with Crippen molar-refractivity contribution in [1.82, 2.24) is 10.3 Å². The molecule has 0 aliphatic heterocycles. The summed E-state index contributed by atoms with van der Waals surface area (Å²) in [4.78, 5) is 6.84. The summed E-state index contributed by atoms with van der Waals surface area (Å²) < 4.78 is 0. The van der Waals surface area contributed by atoms with Crippen LogP contribution >= 0.6 is 11.3 Å². The van der Waals surface area contributed by atoms with E-state index in [1.165, 1.54) is 24.1 Å². The Kier molecular flexibility index (Phi) is 4.03. The number of thiazole rings is 1. The molecule has 2 aromatic rings. The van der Waals surface area contributed by atoms with E-state index in [0.717, 1.165) is 29.8 Å². The Morgan fingerprint density at radius 3 is 2.85 bits per heavy atom. The van der Waals surface area contributed by atoms with Crippen molar-refractivity contribution in [3.05, 3.63) is 45.9 Å². The second-order valence-corrected chi connectivity index (χ2v) is 6.56. The van der Waals surface area contributed by atoms with E-state index in [1.807, 2.05) is 0 Å². The van der Waals surface area contributed by atoms with Crippen molar-refractivity contribution >= 4 is 17.0 Å². The van der Waals surface area contributed by atoms with Gasteiger partial charge in [-0.1, -0.05) is 18.2 Å². The summed E-state index contributed by atoms with van der Waals surface area (Å²) in [5.74, 6) is 0. The number of nitrogens with one attached hydrogen (secondary N) is 1. The van der Waals surface area contributed by atoms with Crippen LogP contribution in [0.5, 0.6) is 0 Å². The van der Waals surface area contributed by atoms with Crippen molar-refractivity contribution in [2.24, 2.45) is 0 Å². The fraction of sp³-hybridized carbons (Fsp3) is 0.438. The largest absolute Gasteiger partial charge is 0.368 e. The zero-order valence-electron chi connectivity index (χ0n) is 12.1. The van der Waals surface area contributed by atoms with Crippen LogP contribution in [0.4, 0.5) is 5.69 Å². The number of nitrogens with zero attached hydrogens (tertiary/aromatic N) is 2. The molecule has 4 heteroatoms. The molecule has 3 rings (SSSR count). The molecule has 1 heterocycles. The third-order valence-corrected chi connectivity index (χ3v) is 4.45. The summed E-state index contributed by atoms with van der Waals surface area (Å²) in [6.45, 7) is 3.88. The molecule has 1 aliphatic rings. The number of hydrogen-bond acceptors (Lipinski definition) is 4. The van der Waals surface area contributed by atoms with Gasteiger partial charge in [0, 0.05) is 30.7 Å². The first kappa shape index (κ1) is 13.6. The lowest BCUT2D eigenvalue weighted by molar-refractivity contribution is 0.685. The third-order valence-electron chi connectivity index (χ3n) is 3.63. The Labute approximate surface area is 124 Å². The Hall–Kier alpha value is -1.39.